The van der Waals surface area contributed by atoms with E-state index in [9.17, 15) is 35.9 Å². The molecule has 25 heteroatoms. The lowest BCUT2D eigenvalue weighted by atomic mass is 9.76. The van der Waals surface area contributed by atoms with Crippen LogP contribution in [0.1, 0.15) is 161 Å². The number of para-hydroxylation sites is 2. The number of halogens is 18. The number of rotatable bonds is 12. The van der Waals surface area contributed by atoms with E-state index in [0.717, 1.165) is 0 Å². The maximum atomic E-state index is 17.3. The third kappa shape index (κ3) is 8.44. The Morgan fingerprint density at radius 2 is 0.639 bits per heavy atom. The van der Waals surface area contributed by atoms with Gasteiger partial charge in [-0.25, -0.2) is 9.80 Å². The molecule has 9 rings (SSSR count). The lowest BCUT2D eigenvalue weighted by Crippen LogP contribution is -2.59. The molecule has 4 amide bonds. The van der Waals surface area contributed by atoms with Crippen LogP contribution in [-0.4, -0.2) is 71.4 Å². The molecule has 2 aliphatic rings. The predicted octanol–water partition coefficient (Wildman–Crippen LogP) is 17.7. The summed E-state index contributed by atoms with van der Waals surface area (Å²) in [5.41, 5.74) is -10.1. The smallest absolute Gasteiger partial charge is 0.397 e. The number of fused-ring (bicyclic) bond motifs is 2. The topological polar surface area (TPSA) is 95.0 Å². The number of nitrogens with zero attached hydrogens (tertiary/aromatic N) is 2. The third-order valence-corrected chi connectivity index (χ3v) is 14.9. The van der Waals surface area contributed by atoms with Crippen LogP contribution >= 0.6 is 0 Å². The molecule has 83 heavy (non-hydrogen) atoms. The Morgan fingerprint density at radius 1 is 0.373 bits per heavy atom. The van der Waals surface area contributed by atoms with Crippen molar-refractivity contribution in [1.29, 1.82) is 0 Å². The van der Waals surface area contributed by atoms with E-state index in [0.29, 0.717) is 40.3 Å². The van der Waals surface area contributed by atoms with Crippen LogP contribution in [0, 0.1) is 0 Å². The number of carbonyl (C=O) groups excluding carboxylic acids is 4. The van der Waals surface area contributed by atoms with E-state index in [-0.39, 0.29) is 40.5 Å². The molecule has 2 heterocycles. The minimum atomic E-state index is -7.77. The minimum Gasteiger partial charge on any atom is -0.397 e. The standard InChI is InChI=1S/C56H40F18N2O4.C2H6O/c1-21(2)25-11-9-12-26(22(3)4)43(25)75-45(77)31-17-15-29-37-30(16-18-32(38(31)37)46(75)78)41-36(50(59,60)52(63,64)54(67,68)56(72,73)74)20-34-39-33(47(79)76(48(34)80)44-27(23(5)6)13-10-14-28(44)24(7)8)19-35(40(29)42(39)41)49(57,58)51(61,62)53(65,66)55(69,70)71;1-2-3/h9-24H,1-8H3;3H,2H2,1H3. The number of carbonyl (C=O) groups is 4. The SMILES string of the molecule is CC(C)c1cccc(C(C)C)c1N1C(=O)c2ccc3c4c(C(F)(F)C(F)(F)C(F)(F)C(F)(F)F)cc5c6c(cc(C(F)(F)C(F)(F)C(F)(F)C(F)(F)F)c(c7ccc(c2c37)C1=O)c64)C(=O)N(c1c(C(C)C)cccc1C(C)C)C5=O.CCO. The van der Waals surface area contributed by atoms with Gasteiger partial charge in [-0.05, 0) is 98.7 Å². The lowest BCUT2D eigenvalue weighted by molar-refractivity contribution is -0.399. The number of aliphatic hydroxyl groups excluding tert-OH is 1. The van der Waals surface area contributed by atoms with Crippen molar-refractivity contribution in [3.8, 4) is 0 Å². The van der Waals surface area contributed by atoms with Crippen LogP contribution in [0.2, 0.25) is 0 Å². The Labute approximate surface area is 459 Å². The quantitative estimate of drug-likeness (QED) is 0.0569. The van der Waals surface area contributed by atoms with Gasteiger partial charge in [0.25, 0.3) is 23.6 Å². The zero-order valence-electron chi connectivity index (χ0n) is 44.7. The summed E-state index contributed by atoms with van der Waals surface area (Å²) in [6.45, 7) is 14.4. The van der Waals surface area contributed by atoms with Crippen LogP contribution in [0.25, 0.3) is 43.1 Å². The van der Waals surface area contributed by atoms with Gasteiger partial charge in [-0.15, -0.1) is 0 Å². The van der Waals surface area contributed by atoms with E-state index < -0.39 is 177 Å². The number of hydrogen-bond acceptors (Lipinski definition) is 5. The fourth-order valence-electron chi connectivity index (χ4n) is 11.0. The summed E-state index contributed by atoms with van der Waals surface area (Å²) in [4.78, 5) is 60.9. The molecule has 1 N–H and O–H groups in total. The summed E-state index contributed by atoms with van der Waals surface area (Å²) in [6.07, 6.45) is -15.1. The van der Waals surface area contributed by atoms with Crippen LogP contribution in [0.4, 0.5) is 90.4 Å². The van der Waals surface area contributed by atoms with Crippen molar-refractivity contribution >= 4 is 78.1 Å². The van der Waals surface area contributed by atoms with E-state index >= 15 is 62.3 Å². The summed E-state index contributed by atoms with van der Waals surface area (Å²) in [6, 6.07) is 10.3. The second kappa shape index (κ2) is 19.7. The summed E-state index contributed by atoms with van der Waals surface area (Å²) in [5, 5.41) is -3.84. The van der Waals surface area contributed by atoms with Crippen molar-refractivity contribution in [3.05, 3.63) is 128 Å². The van der Waals surface area contributed by atoms with Gasteiger partial charge >= 0.3 is 47.9 Å². The van der Waals surface area contributed by atoms with Gasteiger partial charge in [0.05, 0.1) is 11.4 Å². The molecule has 7 aromatic carbocycles. The largest absolute Gasteiger partial charge is 0.460 e. The molecule has 2 aliphatic heterocycles. The van der Waals surface area contributed by atoms with Crippen molar-refractivity contribution in [3.63, 3.8) is 0 Å². The van der Waals surface area contributed by atoms with Crippen molar-refractivity contribution in [1.82, 2.24) is 0 Å². The molecule has 0 atom stereocenters. The maximum Gasteiger partial charge on any atom is 0.460 e. The van der Waals surface area contributed by atoms with E-state index in [1.54, 1.807) is 40.7 Å². The molecule has 0 saturated heterocycles. The molecule has 0 bridgehead atoms. The monoisotopic (exact) mass is 1190 g/mol. The van der Waals surface area contributed by atoms with Gasteiger partial charge in [0.1, 0.15) is 0 Å². The van der Waals surface area contributed by atoms with Crippen LogP contribution in [0.5, 0.6) is 0 Å². The molecule has 0 saturated carbocycles. The van der Waals surface area contributed by atoms with E-state index in [2.05, 4.69) is 0 Å². The molecule has 0 radical (unpaired) electrons. The van der Waals surface area contributed by atoms with Gasteiger partial charge in [0.2, 0.25) is 0 Å². The second-order valence-electron chi connectivity index (χ2n) is 21.4. The molecule has 0 unspecified atom stereocenters. The Hall–Kier alpha value is -7.18. The highest BCUT2D eigenvalue weighted by molar-refractivity contribution is 6.46. The molecular weight excluding hydrogens is 1150 g/mol. The summed E-state index contributed by atoms with van der Waals surface area (Å²) >= 11 is 0. The highest BCUT2D eigenvalue weighted by Gasteiger charge is 2.83. The second-order valence-corrected chi connectivity index (χ2v) is 21.4. The van der Waals surface area contributed by atoms with Crippen LogP contribution in [0.15, 0.2) is 72.8 Å². The number of amides is 4. The molecule has 0 aromatic heterocycles. The first kappa shape index (κ1) is 61.9. The molecule has 444 valence electrons. The number of alkyl halides is 18. The summed E-state index contributed by atoms with van der Waals surface area (Å²) < 4.78 is 278. The normalized spacial score (nSPS) is 15.3. The van der Waals surface area contributed by atoms with Gasteiger partial charge in [0, 0.05) is 61.5 Å². The van der Waals surface area contributed by atoms with Gasteiger partial charge < -0.3 is 5.11 Å². The van der Waals surface area contributed by atoms with Gasteiger partial charge in [-0.1, -0.05) is 104 Å². The van der Waals surface area contributed by atoms with Crippen LogP contribution in [0.3, 0.4) is 0 Å². The Morgan fingerprint density at radius 3 is 0.904 bits per heavy atom. The number of hydrogen-bond donors (Lipinski definition) is 1. The third-order valence-electron chi connectivity index (χ3n) is 14.9. The van der Waals surface area contributed by atoms with Crippen molar-refractivity contribution in [2.24, 2.45) is 0 Å². The number of benzene rings is 7. The van der Waals surface area contributed by atoms with Crippen LogP contribution in [-0.2, 0) is 11.8 Å². The Bertz CT molecular complexity index is 3630. The average Bonchev–Trinajstić information content (AvgIpc) is 1.12. The highest BCUT2D eigenvalue weighted by Crippen LogP contribution is 2.63. The van der Waals surface area contributed by atoms with Gasteiger partial charge in [-0.2, -0.15) is 79.0 Å². The Balaban J connectivity index is 0.00000294. The molecule has 7 nitrogen and oxygen atoms in total. The first-order valence-corrected chi connectivity index (χ1v) is 25.3. The van der Waals surface area contributed by atoms with E-state index in [1.807, 2.05) is 0 Å². The fourth-order valence-corrected chi connectivity index (χ4v) is 11.0. The molecule has 0 fully saturated rings. The first-order valence-electron chi connectivity index (χ1n) is 25.3. The summed E-state index contributed by atoms with van der Waals surface area (Å²) in [5.74, 6) is -54.1. The van der Waals surface area contributed by atoms with E-state index in [1.165, 1.54) is 58.0 Å². The molecule has 0 aliphatic carbocycles. The van der Waals surface area contributed by atoms with Crippen LogP contribution < -0.4 is 9.80 Å². The van der Waals surface area contributed by atoms with Gasteiger partial charge in [-0.3, -0.25) is 19.2 Å². The molecule has 0 spiro atoms. The van der Waals surface area contributed by atoms with Crippen molar-refractivity contribution < 1.29 is 103 Å². The predicted molar refractivity (Wildman–Crippen MR) is 272 cm³/mol. The first-order chi connectivity index (χ1) is 38.0. The van der Waals surface area contributed by atoms with Crippen molar-refractivity contribution in [2.75, 3.05) is 16.4 Å². The number of imide groups is 2. The zero-order chi connectivity index (χ0) is 62.5. The van der Waals surface area contributed by atoms with Gasteiger partial charge in [0.15, 0.2) is 0 Å². The Kier molecular flexibility index (Phi) is 14.7. The minimum absolute atomic E-state index is 0.0133. The molecular formula is C58H46F18N2O5. The number of anilines is 2. The molecule has 7 aromatic rings. The average molecular weight is 1190 g/mol. The lowest BCUT2D eigenvalue weighted by Gasteiger charge is -2.38. The van der Waals surface area contributed by atoms with E-state index in [4.69, 9.17) is 5.11 Å². The zero-order valence-corrected chi connectivity index (χ0v) is 44.7. The highest BCUT2D eigenvalue weighted by atomic mass is 19.4. The van der Waals surface area contributed by atoms with Crippen molar-refractivity contribution in [2.45, 2.75) is 134 Å². The fraction of sp³-hybridized carbons (Fsp3) is 0.379. The maximum absolute atomic E-state index is 17.3. The summed E-state index contributed by atoms with van der Waals surface area (Å²) in [7, 11) is 0. The number of aliphatic hydroxyl groups is 1.